The molecule has 0 aliphatic rings. The number of ether oxygens (including phenoxy) is 1. The first-order chi connectivity index (χ1) is 20.9. The number of aryl methyl sites for hydroxylation is 1. The number of imidazole rings is 1. The summed E-state index contributed by atoms with van der Waals surface area (Å²) in [4.78, 5) is 41.9. The van der Waals surface area contributed by atoms with Gasteiger partial charge in [0.15, 0.2) is 17.0 Å². The standard InChI is InChI=1S/C26H25N3O3.C5H4IN5/c1-3-8-23-28-22-12-7-11-21(24(22)25(30)29(23)20-9-5-4-6-10-20)27-17-18-13-15-19(16-14-18)26(31)32-2;6-11-2-10-3-4(7)8-1-9-5(3)11/h4-7,9-16,27H,3,8,17H2,1-2H3;1-2H,(H2,7,8,9). The van der Waals surface area contributed by atoms with Gasteiger partial charge in [-0.15, -0.1) is 0 Å². The SMILES string of the molecule is CCCc1nc2cccc(NCc3ccc(C(=O)OC)cc3)c2c(=O)n1-c1ccccc1.Nc1ncnc2c1ncn2I. The predicted octanol–water partition coefficient (Wildman–Crippen LogP) is 5.34. The summed E-state index contributed by atoms with van der Waals surface area (Å²) in [7, 11) is 1.36. The Morgan fingerprint density at radius 1 is 1.00 bits per heavy atom. The van der Waals surface area contributed by atoms with Crippen molar-refractivity contribution in [3.05, 3.63) is 113 Å². The van der Waals surface area contributed by atoms with Crippen molar-refractivity contribution in [1.29, 1.82) is 0 Å². The Hall–Kier alpha value is -4.85. The summed E-state index contributed by atoms with van der Waals surface area (Å²) in [6.07, 6.45) is 4.68. The lowest BCUT2D eigenvalue weighted by atomic mass is 10.1. The molecule has 3 N–H and O–H groups in total. The predicted molar refractivity (Wildman–Crippen MR) is 176 cm³/mol. The number of carbonyl (C=O) groups excluding carboxylic acids is 1. The van der Waals surface area contributed by atoms with Crippen molar-refractivity contribution < 1.29 is 9.53 Å². The largest absolute Gasteiger partial charge is 0.465 e. The van der Waals surface area contributed by atoms with Crippen LogP contribution in [0.3, 0.4) is 0 Å². The minimum atomic E-state index is -0.367. The summed E-state index contributed by atoms with van der Waals surface area (Å²) >= 11 is 2.08. The van der Waals surface area contributed by atoms with E-state index in [4.69, 9.17) is 15.5 Å². The first kappa shape index (κ1) is 29.6. The Labute approximate surface area is 261 Å². The van der Waals surface area contributed by atoms with Crippen LogP contribution in [0, 0.1) is 0 Å². The van der Waals surface area contributed by atoms with Crippen molar-refractivity contribution in [3.8, 4) is 5.69 Å². The molecule has 218 valence electrons. The van der Waals surface area contributed by atoms with E-state index in [2.05, 4.69) is 50.1 Å². The van der Waals surface area contributed by atoms with Crippen LogP contribution in [-0.4, -0.2) is 40.4 Å². The van der Waals surface area contributed by atoms with Gasteiger partial charge in [-0.25, -0.2) is 24.7 Å². The molecule has 3 aromatic heterocycles. The first-order valence-corrected chi connectivity index (χ1v) is 14.5. The number of hydrogen-bond donors (Lipinski definition) is 2. The number of aromatic nitrogens is 6. The first-order valence-electron chi connectivity index (χ1n) is 13.5. The van der Waals surface area contributed by atoms with Crippen LogP contribution in [0.4, 0.5) is 11.5 Å². The zero-order valence-electron chi connectivity index (χ0n) is 23.6. The summed E-state index contributed by atoms with van der Waals surface area (Å²) in [5.74, 6) is 0.811. The average molecular weight is 689 g/mol. The van der Waals surface area contributed by atoms with Gasteiger partial charge in [0.2, 0.25) is 0 Å². The number of para-hydroxylation sites is 1. The van der Waals surface area contributed by atoms with Crippen molar-refractivity contribution in [2.75, 3.05) is 18.2 Å². The molecule has 0 aliphatic heterocycles. The van der Waals surface area contributed by atoms with E-state index in [1.165, 1.54) is 13.4 Å². The van der Waals surface area contributed by atoms with Crippen molar-refractivity contribution in [1.82, 2.24) is 27.3 Å². The lowest BCUT2D eigenvalue weighted by Gasteiger charge is -2.15. The molecule has 0 spiro atoms. The number of fused-ring (bicyclic) bond motifs is 2. The molecule has 11 nitrogen and oxygen atoms in total. The van der Waals surface area contributed by atoms with E-state index in [0.717, 1.165) is 34.8 Å². The van der Waals surface area contributed by atoms with Crippen LogP contribution in [0.2, 0.25) is 0 Å². The van der Waals surface area contributed by atoms with Gasteiger partial charge in [0.25, 0.3) is 5.56 Å². The average Bonchev–Trinajstić information content (AvgIpc) is 3.42. The maximum atomic E-state index is 13.6. The second-order valence-corrected chi connectivity index (χ2v) is 10.5. The van der Waals surface area contributed by atoms with Gasteiger partial charge >= 0.3 is 5.97 Å². The smallest absolute Gasteiger partial charge is 0.337 e. The van der Waals surface area contributed by atoms with Gasteiger partial charge in [-0.05, 0) is 48.4 Å². The number of halogens is 1. The number of esters is 1. The minimum Gasteiger partial charge on any atom is -0.465 e. The maximum Gasteiger partial charge on any atom is 0.337 e. The number of hydrogen-bond acceptors (Lipinski definition) is 9. The van der Waals surface area contributed by atoms with Crippen LogP contribution < -0.4 is 16.6 Å². The lowest BCUT2D eigenvalue weighted by molar-refractivity contribution is 0.0600. The van der Waals surface area contributed by atoms with Gasteiger partial charge in [0.05, 0.1) is 52.1 Å². The molecule has 6 aromatic rings. The van der Waals surface area contributed by atoms with Crippen molar-refractivity contribution in [2.45, 2.75) is 26.3 Å². The van der Waals surface area contributed by atoms with Gasteiger partial charge in [0, 0.05) is 18.7 Å². The number of nitrogens with two attached hydrogens (primary N) is 1. The zero-order chi connectivity index (χ0) is 30.3. The molecule has 0 aliphatic carbocycles. The Morgan fingerprint density at radius 2 is 1.77 bits per heavy atom. The highest BCUT2D eigenvalue weighted by molar-refractivity contribution is 14.1. The monoisotopic (exact) mass is 688 g/mol. The fourth-order valence-corrected chi connectivity index (χ4v) is 5.04. The van der Waals surface area contributed by atoms with Crippen LogP contribution in [0.15, 0.2) is 90.2 Å². The van der Waals surface area contributed by atoms with Gasteiger partial charge in [-0.1, -0.05) is 43.3 Å². The van der Waals surface area contributed by atoms with Crippen molar-refractivity contribution in [2.24, 2.45) is 0 Å². The van der Waals surface area contributed by atoms with E-state index in [1.54, 1.807) is 25.8 Å². The van der Waals surface area contributed by atoms with Crippen LogP contribution in [0.25, 0.3) is 27.8 Å². The van der Waals surface area contributed by atoms with Gasteiger partial charge in [-0.2, -0.15) is 0 Å². The Kier molecular flexibility index (Phi) is 9.25. The van der Waals surface area contributed by atoms with Gasteiger partial charge < -0.3 is 15.8 Å². The number of benzene rings is 3. The molecule has 0 bridgehead atoms. The number of nitrogens with zero attached hydrogens (tertiary/aromatic N) is 6. The molecule has 0 radical (unpaired) electrons. The number of nitrogen functional groups attached to an aromatic ring is 1. The molecule has 0 fully saturated rings. The summed E-state index contributed by atoms with van der Waals surface area (Å²) in [5, 5.41) is 3.93. The molecule has 3 heterocycles. The minimum absolute atomic E-state index is 0.0891. The Morgan fingerprint density at radius 3 is 2.47 bits per heavy atom. The number of methoxy groups -OCH3 is 1. The molecule has 6 rings (SSSR count). The normalized spacial score (nSPS) is 10.8. The molecular weight excluding hydrogens is 659 g/mol. The molecule has 12 heteroatoms. The lowest BCUT2D eigenvalue weighted by Crippen LogP contribution is -2.24. The third-order valence-electron chi connectivity index (χ3n) is 6.63. The summed E-state index contributed by atoms with van der Waals surface area (Å²) in [6, 6.07) is 22.5. The van der Waals surface area contributed by atoms with Crippen LogP contribution in [0.5, 0.6) is 0 Å². The van der Waals surface area contributed by atoms with E-state index >= 15 is 0 Å². The van der Waals surface area contributed by atoms with Crippen molar-refractivity contribution >= 4 is 62.4 Å². The second-order valence-electron chi connectivity index (χ2n) is 9.48. The van der Waals surface area contributed by atoms with Crippen molar-refractivity contribution in [3.63, 3.8) is 0 Å². The van der Waals surface area contributed by atoms with Crippen LogP contribution >= 0.6 is 22.9 Å². The number of carbonyl (C=O) groups is 1. The third-order valence-corrected chi connectivity index (χ3v) is 7.34. The van der Waals surface area contributed by atoms with E-state index in [0.29, 0.717) is 40.8 Å². The second kappa shape index (κ2) is 13.4. The Bertz CT molecular complexity index is 1940. The van der Waals surface area contributed by atoms with Crippen LogP contribution in [0.1, 0.15) is 35.1 Å². The van der Waals surface area contributed by atoms with E-state index < -0.39 is 0 Å². The molecule has 0 atom stereocenters. The van der Waals surface area contributed by atoms with Crippen LogP contribution in [-0.2, 0) is 17.7 Å². The zero-order valence-corrected chi connectivity index (χ0v) is 25.7. The number of rotatable bonds is 7. The summed E-state index contributed by atoms with van der Waals surface area (Å²) in [6.45, 7) is 2.58. The van der Waals surface area contributed by atoms with Gasteiger partial charge in [0.1, 0.15) is 18.5 Å². The Balaban J connectivity index is 0.000000279. The molecule has 43 heavy (non-hydrogen) atoms. The molecule has 0 unspecified atom stereocenters. The highest BCUT2D eigenvalue weighted by Crippen LogP contribution is 2.22. The summed E-state index contributed by atoms with van der Waals surface area (Å²) < 4.78 is 8.22. The molecule has 0 saturated heterocycles. The summed E-state index contributed by atoms with van der Waals surface area (Å²) in [5.41, 5.74) is 10.5. The molecule has 0 saturated carbocycles. The van der Waals surface area contributed by atoms with E-state index in [1.807, 2.05) is 60.7 Å². The maximum absolute atomic E-state index is 13.6. The highest BCUT2D eigenvalue weighted by atomic mass is 127. The third kappa shape index (κ3) is 6.48. The highest BCUT2D eigenvalue weighted by Gasteiger charge is 2.15. The quantitative estimate of drug-likeness (QED) is 0.168. The van der Waals surface area contributed by atoms with E-state index in [-0.39, 0.29) is 11.5 Å². The molecule has 0 amide bonds. The van der Waals surface area contributed by atoms with E-state index in [9.17, 15) is 9.59 Å². The number of nitrogens with one attached hydrogen (secondary N) is 1. The van der Waals surface area contributed by atoms with Gasteiger partial charge in [-0.3, -0.25) is 12.1 Å². The fraction of sp³-hybridized carbons (Fsp3) is 0.161. The fourth-order valence-electron chi connectivity index (χ4n) is 4.56. The molecule has 3 aromatic carbocycles. The molecular formula is C31H29IN8O3. The number of anilines is 2. The topological polar surface area (TPSA) is 143 Å².